The summed E-state index contributed by atoms with van der Waals surface area (Å²) in [5, 5.41) is 15.6. The lowest BCUT2D eigenvalue weighted by atomic mass is 9.74. The van der Waals surface area contributed by atoms with Crippen LogP contribution in [0.4, 0.5) is 0 Å². The Morgan fingerprint density at radius 2 is 1.62 bits per heavy atom. The van der Waals surface area contributed by atoms with Crippen molar-refractivity contribution in [2.75, 3.05) is 7.05 Å². The number of carbonyl (C=O) groups is 1. The van der Waals surface area contributed by atoms with Gasteiger partial charge < -0.3 is 10.6 Å². The maximum atomic E-state index is 13.3. The Bertz CT molecular complexity index is 581. The first-order chi connectivity index (χ1) is 14.1. The van der Waals surface area contributed by atoms with Crippen LogP contribution >= 0.6 is 0 Å². The fourth-order valence-corrected chi connectivity index (χ4v) is 6.67. The van der Waals surface area contributed by atoms with E-state index in [4.69, 9.17) is 5.41 Å². The summed E-state index contributed by atoms with van der Waals surface area (Å²) >= 11 is 0. The summed E-state index contributed by atoms with van der Waals surface area (Å²) in [5.41, 5.74) is -0.525. The van der Waals surface area contributed by atoms with Crippen molar-refractivity contribution < 1.29 is 4.79 Å². The summed E-state index contributed by atoms with van der Waals surface area (Å²) in [5.74, 6) is 1.81. The first kappa shape index (κ1) is 21.1. The first-order valence-corrected chi connectivity index (χ1v) is 12.5. The molecule has 3 atom stereocenters. The molecule has 3 N–H and O–H groups in total. The fraction of sp³-hybridized carbons (Fsp3) is 0.917. The molecule has 0 aromatic carbocycles. The van der Waals surface area contributed by atoms with Gasteiger partial charge in [0, 0.05) is 19.1 Å². The number of carbonyl (C=O) groups excluding carboxylic acids is 1. The lowest BCUT2D eigenvalue weighted by Gasteiger charge is -2.37. The molecule has 0 radical (unpaired) electrons. The third-order valence-corrected chi connectivity index (χ3v) is 8.36. The third-order valence-electron chi connectivity index (χ3n) is 8.36. The van der Waals surface area contributed by atoms with Gasteiger partial charge in [-0.2, -0.15) is 0 Å². The number of guanidine groups is 1. The lowest BCUT2D eigenvalue weighted by molar-refractivity contribution is -0.131. The zero-order chi connectivity index (χ0) is 20.3. The molecule has 5 heteroatoms. The number of likely N-dealkylation sites (N-methyl/N-ethyl adjacent to an activating group) is 1. The minimum Gasteiger partial charge on any atom is -0.342 e. The van der Waals surface area contributed by atoms with Gasteiger partial charge in [-0.25, -0.2) is 0 Å². The molecule has 3 aliphatic carbocycles. The zero-order valence-corrected chi connectivity index (χ0v) is 18.5. The van der Waals surface area contributed by atoms with Crippen molar-refractivity contribution in [3.05, 3.63) is 0 Å². The highest BCUT2D eigenvalue weighted by Gasteiger charge is 2.49. The van der Waals surface area contributed by atoms with Crippen LogP contribution in [0.15, 0.2) is 0 Å². The summed E-state index contributed by atoms with van der Waals surface area (Å²) in [6, 6.07) is 1.35. The first-order valence-electron chi connectivity index (χ1n) is 12.5. The molecular weight excluding hydrogens is 360 g/mol. The monoisotopic (exact) mass is 402 g/mol. The van der Waals surface area contributed by atoms with E-state index < -0.39 is 5.54 Å². The van der Waals surface area contributed by atoms with Gasteiger partial charge in [-0.1, -0.05) is 57.8 Å². The molecule has 0 aromatic rings. The van der Waals surface area contributed by atoms with E-state index in [2.05, 4.69) is 10.6 Å². The largest absolute Gasteiger partial charge is 0.342 e. The molecule has 5 nitrogen and oxygen atoms in total. The summed E-state index contributed by atoms with van der Waals surface area (Å²) in [6.45, 7) is 0. The molecule has 1 saturated heterocycles. The van der Waals surface area contributed by atoms with E-state index in [0.717, 1.165) is 31.2 Å². The van der Waals surface area contributed by atoms with Crippen LogP contribution in [0, 0.1) is 17.2 Å². The van der Waals surface area contributed by atoms with E-state index in [9.17, 15) is 4.79 Å². The van der Waals surface area contributed by atoms with Gasteiger partial charge in [-0.15, -0.1) is 0 Å². The second-order valence-corrected chi connectivity index (χ2v) is 10.5. The molecule has 4 fully saturated rings. The van der Waals surface area contributed by atoms with E-state index in [1.54, 1.807) is 11.9 Å². The molecule has 1 aliphatic heterocycles. The van der Waals surface area contributed by atoms with Crippen molar-refractivity contribution >= 4 is 11.9 Å². The minimum atomic E-state index is -0.525. The molecule has 1 heterocycles. The predicted octanol–water partition coefficient (Wildman–Crippen LogP) is 4.56. The zero-order valence-electron chi connectivity index (χ0n) is 18.5. The van der Waals surface area contributed by atoms with Crippen LogP contribution in [-0.4, -0.2) is 41.4 Å². The highest BCUT2D eigenvalue weighted by molar-refractivity contribution is 6.07. The van der Waals surface area contributed by atoms with Gasteiger partial charge in [0.2, 0.25) is 0 Å². The van der Waals surface area contributed by atoms with Crippen LogP contribution in [0.3, 0.4) is 0 Å². The highest BCUT2D eigenvalue weighted by Crippen LogP contribution is 2.38. The van der Waals surface area contributed by atoms with E-state index in [-0.39, 0.29) is 5.91 Å². The topological polar surface area (TPSA) is 68.2 Å². The highest BCUT2D eigenvalue weighted by atomic mass is 16.2. The molecule has 3 saturated carbocycles. The number of nitrogens with zero attached hydrogens (tertiary/aromatic N) is 1. The van der Waals surface area contributed by atoms with Gasteiger partial charge in [0.1, 0.15) is 5.54 Å². The summed E-state index contributed by atoms with van der Waals surface area (Å²) in [7, 11) is 1.77. The molecular formula is C24H42N4O. The number of amides is 1. The van der Waals surface area contributed by atoms with E-state index in [1.165, 1.54) is 83.5 Å². The van der Waals surface area contributed by atoms with Crippen molar-refractivity contribution in [3.8, 4) is 0 Å². The smallest absolute Gasteiger partial charge is 0.254 e. The molecule has 164 valence electrons. The number of nitrogens with one attached hydrogen (secondary N) is 3. The number of hydrogen-bond acceptors (Lipinski definition) is 3. The van der Waals surface area contributed by atoms with Crippen molar-refractivity contribution in [1.82, 2.24) is 15.5 Å². The van der Waals surface area contributed by atoms with Crippen molar-refractivity contribution in [2.24, 2.45) is 11.8 Å². The Kier molecular flexibility index (Phi) is 6.83. The Labute approximate surface area is 177 Å². The number of hydrogen-bond donors (Lipinski definition) is 3. The van der Waals surface area contributed by atoms with Gasteiger partial charge in [0.25, 0.3) is 5.91 Å². The Hall–Kier alpha value is -1.10. The van der Waals surface area contributed by atoms with Crippen LogP contribution in [-0.2, 0) is 4.79 Å². The maximum Gasteiger partial charge on any atom is 0.254 e. The Morgan fingerprint density at radius 3 is 2.31 bits per heavy atom. The lowest BCUT2D eigenvalue weighted by Crippen LogP contribution is -2.50. The molecule has 0 spiro atoms. The van der Waals surface area contributed by atoms with Gasteiger partial charge in [0.05, 0.1) is 0 Å². The van der Waals surface area contributed by atoms with Crippen molar-refractivity contribution in [2.45, 2.75) is 120 Å². The van der Waals surface area contributed by atoms with Crippen LogP contribution in [0.5, 0.6) is 0 Å². The Morgan fingerprint density at radius 1 is 0.966 bits per heavy atom. The summed E-state index contributed by atoms with van der Waals surface area (Å²) in [4.78, 5) is 14.8. The van der Waals surface area contributed by atoms with Crippen LogP contribution in [0.2, 0.25) is 0 Å². The average molecular weight is 403 g/mol. The fourth-order valence-electron chi connectivity index (χ4n) is 6.67. The maximum absolute atomic E-state index is 13.3. The van der Waals surface area contributed by atoms with Crippen LogP contribution < -0.4 is 10.6 Å². The van der Waals surface area contributed by atoms with Crippen molar-refractivity contribution in [3.63, 3.8) is 0 Å². The molecule has 0 unspecified atom stereocenters. The van der Waals surface area contributed by atoms with Gasteiger partial charge >= 0.3 is 0 Å². The molecule has 4 rings (SSSR count). The molecule has 0 bridgehead atoms. The molecule has 0 aromatic heterocycles. The minimum absolute atomic E-state index is 0.143. The van der Waals surface area contributed by atoms with Crippen LogP contribution in [0.25, 0.3) is 0 Å². The quantitative estimate of drug-likeness (QED) is 0.584. The average Bonchev–Trinajstić information content (AvgIpc) is 3.31. The van der Waals surface area contributed by atoms with E-state index in [0.29, 0.717) is 17.9 Å². The van der Waals surface area contributed by atoms with E-state index >= 15 is 0 Å². The standard InChI is InChI=1S/C24H42N4O/c1-28-22(29)24(27-23(28)25,15-14-18-8-3-2-4-9-18)17-19-10-7-13-21(16-19)26-20-11-5-6-12-20/h18-21,26H,2-17H2,1H3,(H2,25,27)/t19-,21+,24-/m1/s1. The SMILES string of the molecule is CN1C(=N)N[C@](CCC2CCCCC2)(C[C@@H]2CCC[C@H](NC3CCCC3)C2)C1=O. The van der Waals surface area contributed by atoms with Crippen LogP contribution in [0.1, 0.15) is 103 Å². The summed E-state index contributed by atoms with van der Waals surface area (Å²) < 4.78 is 0. The summed E-state index contributed by atoms with van der Waals surface area (Å²) in [6.07, 6.45) is 20.1. The second kappa shape index (κ2) is 9.36. The predicted molar refractivity (Wildman–Crippen MR) is 118 cm³/mol. The Balaban J connectivity index is 1.39. The second-order valence-electron chi connectivity index (χ2n) is 10.5. The molecule has 29 heavy (non-hydrogen) atoms. The van der Waals surface area contributed by atoms with Gasteiger partial charge in [0.15, 0.2) is 5.96 Å². The van der Waals surface area contributed by atoms with Gasteiger partial charge in [-0.05, 0) is 56.8 Å². The third kappa shape index (κ3) is 4.98. The van der Waals surface area contributed by atoms with Gasteiger partial charge in [-0.3, -0.25) is 15.1 Å². The molecule has 4 aliphatic rings. The number of rotatable bonds is 7. The molecule has 1 amide bonds. The van der Waals surface area contributed by atoms with Crippen molar-refractivity contribution in [1.29, 1.82) is 5.41 Å². The normalized spacial score (nSPS) is 34.7. The van der Waals surface area contributed by atoms with E-state index in [1.807, 2.05) is 0 Å².